The zero-order valence-corrected chi connectivity index (χ0v) is 40.7. The Hall–Kier alpha value is -11.4. The molecule has 0 aliphatic carbocycles. The highest BCUT2D eigenvalue weighted by molar-refractivity contribution is 6.02. The lowest BCUT2D eigenvalue weighted by Gasteiger charge is -2.14. The van der Waals surface area contributed by atoms with E-state index in [1.54, 1.807) is 48.5 Å². The molecule has 0 atom stereocenters. The predicted octanol–water partition coefficient (Wildman–Crippen LogP) is 11.2. The number of rotatable bonds is 7. The van der Waals surface area contributed by atoms with Crippen LogP contribution in [0, 0.1) is 0 Å². The lowest BCUT2D eigenvalue weighted by molar-refractivity contribution is 0.416. The molecule has 0 amide bonds. The summed E-state index contributed by atoms with van der Waals surface area (Å²) in [5, 5.41) is 91.2. The van der Waals surface area contributed by atoms with Crippen molar-refractivity contribution >= 4 is 43.9 Å². The van der Waals surface area contributed by atoms with Gasteiger partial charge in [-0.15, -0.1) is 0 Å². The first-order valence-corrected chi connectivity index (χ1v) is 23.6. The lowest BCUT2D eigenvalue weighted by Crippen LogP contribution is -2.02. The molecule has 4 heterocycles. The standard InChI is InChI=1S/C31H20O8.C30H18O10/c1-37-26-10-7-17(28-15-25(36)30-24(35)12-19(33)13-29(30)38-28)11-22(26)20-3-2-4-21-23(34)14-27(39-31(20)21)16-5-8-18(32)9-6-16;31-15-4-1-13(2-5-15)24-12-23(38)29-21(36)10-20(35)27(30(29)40-24)17-7-14(3-6-18(17)33)25-11-22(37)28-19(34)8-16(32)9-26(28)39-25/h2-15,32-33,35H,1H3;1-12,31-36H. The molecule has 18 heteroatoms. The summed E-state index contributed by atoms with van der Waals surface area (Å²) >= 11 is 0. The number of aromatic hydroxyl groups is 9. The molecule has 0 radical (unpaired) electrons. The molecule has 0 spiro atoms. The van der Waals surface area contributed by atoms with Gasteiger partial charge in [-0.1, -0.05) is 12.1 Å². The van der Waals surface area contributed by atoms with Gasteiger partial charge < -0.3 is 68.4 Å². The quantitative estimate of drug-likeness (QED) is 0.0716. The van der Waals surface area contributed by atoms with E-state index in [1.165, 1.54) is 86.0 Å². The Bertz CT molecular complexity index is 4720. The van der Waals surface area contributed by atoms with Crippen molar-refractivity contribution in [3.8, 4) is 125 Å². The van der Waals surface area contributed by atoms with E-state index in [0.717, 1.165) is 30.3 Å². The third kappa shape index (κ3) is 9.12. The predicted molar refractivity (Wildman–Crippen MR) is 291 cm³/mol. The highest BCUT2D eigenvalue weighted by Crippen LogP contribution is 2.46. The van der Waals surface area contributed by atoms with Crippen molar-refractivity contribution in [2.75, 3.05) is 7.11 Å². The fourth-order valence-electron chi connectivity index (χ4n) is 9.24. The highest BCUT2D eigenvalue weighted by atomic mass is 16.5. The Labute approximate surface area is 441 Å². The second-order valence-corrected chi connectivity index (χ2v) is 18.0. The van der Waals surface area contributed by atoms with E-state index in [4.69, 9.17) is 22.4 Å². The Morgan fingerprint density at radius 2 is 0.797 bits per heavy atom. The van der Waals surface area contributed by atoms with E-state index in [9.17, 15) is 65.1 Å². The summed E-state index contributed by atoms with van der Waals surface area (Å²) in [6.07, 6.45) is 0. The number of benzene rings is 8. The molecule has 18 nitrogen and oxygen atoms in total. The van der Waals surface area contributed by atoms with Crippen LogP contribution in [0.4, 0.5) is 0 Å². The molecule has 0 fully saturated rings. The van der Waals surface area contributed by atoms with Crippen molar-refractivity contribution in [3.05, 3.63) is 199 Å². The number of methoxy groups -OCH3 is 1. The monoisotopic (exact) mass is 1060 g/mol. The van der Waals surface area contributed by atoms with Crippen molar-refractivity contribution < 1.29 is 68.4 Å². The van der Waals surface area contributed by atoms with E-state index in [-0.39, 0.29) is 107 Å². The number of phenolic OH excluding ortho intramolecular Hbond substituents is 9. The number of hydrogen-bond donors (Lipinski definition) is 9. The number of ether oxygens (including phenoxy) is 1. The van der Waals surface area contributed by atoms with Gasteiger partial charge in [-0.25, -0.2) is 0 Å². The van der Waals surface area contributed by atoms with Gasteiger partial charge in [0.1, 0.15) is 113 Å². The fraction of sp³-hybridized carbons (Fsp3) is 0.0164. The zero-order chi connectivity index (χ0) is 55.6. The molecule has 390 valence electrons. The summed E-state index contributed by atoms with van der Waals surface area (Å²) in [5.74, 6) is -1.61. The van der Waals surface area contributed by atoms with Gasteiger partial charge in [0.05, 0.1) is 18.1 Å². The van der Waals surface area contributed by atoms with Gasteiger partial charge in [-0.3, -0.25) is 19.2 Å². The molecule has 4 aromatic heterocycles. The van der Waals surface area contributed by atoms with Crippen molar-refractivity contribution in [2.24, 2.45) is 0 Å². The molecule has 0 unspecified atom stereocenters. The minimum Gasteiger partial charge on any atom is -0.508 e. The van der Waals surface area contributed by atoms with E-state index < -0.39 is 33.5 Å². The Balaban J connectivity index is 0.000000167. The summed E-state index contributed by atoms with van der Waals surface area (Å²) < 4.78 is 29.5. The number of phenols is 9. The molecular formula is C61H38O18. The summed E-state index contributed by atoms with van der Waals surface area (Å²) in [6, 6.07) is 37.0. The van der Waals surface area contributed by atoms with Crippen molar-refractivity contribution in [3.63, 3.8) is 0 Å². The number of fused-ring (bicyclic) bond motifs is 4. The van der Waals surface area contributed by atoms with E-state index in [2.05, 4.69) is 0 Å². The van der Waals surface area contributed by atoms with Crippen molar-refractivity contribution in [1.82, 2.24) is 0 Å². The first-order chi connectivity index (χ1) is 37.9. The minimum atomic E-state index is -0.626. The van der Waals surface area contributed by atoms with Gasteiger partial charge in [0.2, 0.25) is 0 Å². The Kier molecular flexibility index (Phi) is 12.2. The second kappa shape index (κ2) is 19.4. The molecule has 8 aromatic carbocycles. The molecule has 12 rings (SSSR count). The van der Waals surface area contributed by atoms with Crippen molar-refractivity contribution in [1.29, 1.82) is 0 Å². The fourth-order valence-corrected chi connectivity index (χ4v) is 9.24. The second-order valence-electron chi connectivity index (χ2n) is 18.0. The number of para-hydroxylation sites is 1. The topological polar surface area (TPSA) is 312 Å². The van der Waals surface area contributed by atoms with E-state index in [0.29, 0.717) is 50.3 Å². The molecule has 12 aromatic rings. The molecule has 0 bridgehead atoms. The largest absolute Gasteiger partial charge is 0.508 e. The Morgan fingerprint density at radius 3 is 1.34 bits per heavy atom. The smallest absolute Gasteiger partial charge is 0.197 e. The molecular weight excluding hydrogens is 1020 g/mol. The summed E-state index contributed by atoms with van der Waals surface area (Å²) in [6.45, 7) is 0. The maximum Gasteiger partial charge on any atom is 0.197 e. The average molecular weight is 1060 g/mol. The van der Waals surface area contributed by atoms with E-state index in [1.807, 2.05) is 0 Å². The normalized spacial score (nSPS) is 11.3. The van der Waals surface area contributed by atoms with Gasteiger partial charge >= 0.3 is 0 Å². The SMILES string of the molecule is COc1ccc(-c2cc(=O)c3c(O)cc(O)cc3o2)cc1-c1cccc2c(=O)cc(-c3ccc(O)cc3)oc12.O=c1cc(-c2ccc(O)c(-c3c(O)cc(O)c4c(=O)cc(-c5ccc(O)cc5)oc34)c2)oc2cc(O)cc(O)c12. The molecule has 0 saturated carbocycles. The van der Waals surface area contributed by atoms with Gasteiger partial charge in [0.25, 0.3) is 0 Å². The average Bonchev–Trinajstić information content (AvgIpc) is 3.47. The molecule has 0 aliphatic rings. The van der Waals surface area contributed by atoms with Crippen LogP contribution in [-0.4, -0.2) is 53.1 Å². The molecule has 0 aliphatic heterocycles. The molecule has 79 heavy (non-hydrogen) atoms. The summed E-state index contributed by atoms with van der Waals surface area (Å²) in [7, 11) is 1.52. The Morgan fingerprint density at radius 1 is 0.342 bits per heavy atom. The van der Waals surface area contributed by atoms with Crippen LogP contribution < -0.4 is 26.5 Å². The zero-order valence-electron chi connectivity index (χ0n) is 40.7. The first kappa shape index (κ1) is 49.8. The maximum atomic E-state index is 13.1. The first-order valence-electron chi connectivity index (χ1n) is 23.6. The van der Waals surface area contributed by atoms with Crippen LogP contribution in [0.2, 0.25) is 0 Å². The van der Waals surface area contributed by atoms with Crippen LogP contribution in [0.15, 0.2) is 195 Å². The van der Waals surface area contributed by atoms with Crippen LogP contribution in [0.1, 0.15) is 0 Å². The van der Waals surface area contributed by atoms with E-state index >= 15 is 0 Å². The third-order valence-corrected chi connectivity index (χ3v) is 12.9. The van der Waals surface area contributed by atoms with Crippen LogP contribution >= 0.6 is 0 Å². The molecule has 9 N–H and O–H groups in total. The van der Waals surface area contributed by atoms with Crippen molar-refractivity contribution in [2.45, 2.75) is 0 Å². The van der Waals surface area contributed by atoms with Gasteiger partial charge in [-0.2, -0.15) is 0 Å². The van der Waals surface area contributed by atoms with Crippen LogP contribution in [0.5, 0.6) is 57.5 Å². The van der Waals surface area contributed by atoms with Gasteiger partial charge in [0, 0.05) is 93.5 Å². The molecule has 0 saturated heterocycles. The van der Waals surface area contributed by atoms with Crippen LogP contribution in [-0.2, 0) is 0 Å². The van der Waals surface area contributed by atoms with Crippen LogP contribution in [0.3, 0.4) is 0 Å². The minimum absolute atomic E-state index is 0.00429. The van der Waals surface area contributed by atoms with Gasteiger partial charge in [0.15, 0.2) is 27.3 Å². The van der Waals surface area contributed by atoms with Gasteiger partial charge in [-0.05, 0) is 91.0 Å². The van der Waals surface area contributed by atoms with Crippen LogP contribution in [0.25, 0.3) is 111 Å². The summed E-state index contributed by atoms with van der Waals surface area (Å²) in [5.41, 5.74) is 0.935. The highest BCUT2D eigenvalue weighted by Gasteiger charge is 2.24. The maximum absolute atomic E-state index is 13.1. The summed E-state index contributed by atoms with van der Waals surface area (Å²) in [4.78, 5) is 51.6. The number of hydrogen-bond acceptors (Lipinski definition) is 18. The third-order valence-electron chi connectivity index (χ3n) is 12.9. The lowest BCUT2D eigenvalue weighted by atomic mass is 9.97.